The van der Waals surface area contributed by atoms with E-state index in [9.17, 15) is 0 Å². The van der Waals surface area contributed by atoms with Gasteiger partial charge in [0.15, 0.2) is 0 Å². The second-order valence-electron chi connectivity index (χ2n) is 5.18. The van der Waals surface area contributed by atoms with Crippen LogP contribution in [0, 0.1) is 0 Å². The van der Waals surface area contributed by atoms with Crippen molar-refractivity contribution in [3.05, 3.63) is 77.9 Å². The van der Waals surface area contributed by atoms with E-state index in [0.717, 1.165) is 17.9 Å². The summed E-state index contributed by atoms with van der Waals surface area (Å²) in [4.78, 5) is 0. The van der Waals surface area contributed by atoms with Gasteiger partial charge in [0.05, 0.1) is 6.04 Å². The summed E-state index contributed by atoms with van der Waals surface area (Å²) >= 11 is 0. The quantitative estimate of drug-likeness (QED) is 0.755. The van der Waals surface area contributed by atoms with Crippen LogP contribution in [0.25, 0.3) is 0 Å². The lowest BCUT2D eigenvalue weighted by Gasteiger charge is -2.19. The summed E-state index contributed by atoms with van der Waals surface area (Å²) in [6.07, 6.45) is 0. The number of nitrogens with one attached hydrogen (secondary N) is 1. The summed E-state index contributed by atoms with van der Waals surface area (Å²) in [7, 11) is 0. The average Bonchev–Trinajstić information content (AvgIpc) is 2.51. The molecule has 2 nitrogen and oxygen atoms in total. The van der Waals surface area contributed by atoms with Gasteiger partial charge in [-0.05, 0) is 36.7 Å². The molecule has 0 saturated heterocycles. The highest BCUT2D eigenvalue weighted by Gasteiger charge is 2.11. The van der Waals surface area contributed by atoms with Crippen molar-refractivity contribution in [2.45, 2.75) is 26.5 Å². The van der Waals surface area contributed by atoms with E-state index in [2.05, 4.69) is 43.1 Å². The summed E-state index contributed by atoms with van der Waals surface area (Å²) in [6.45, 7) is 9.72. The molecule has 0 aliphatic rings. The van der Waals surface area contributed by atoms with E-state index >= 15 is 0 Å². The Morgan fingerprint density at radius 3 is 2.57 bits per heavy atom. The van der Waals surface area contributed by atoms with Crippen molar-refractivity contribution in [3.63, 3.8) is 0 Å². The van der Waals surface area contributed by atoms with Gasteiger partial charge in [0.25, 0.3) is 0 Å². The van der Waals surface area contributed by atoms with Crippen LogP contribution in [0.2, 0.25) is 0 Å². The third kappa shape index (κ3) is 4.47. The van der Waals surface area contributed by atoms with Crippen LogP contribution in [0.3, 0.4) is 0 Å². The van der Waals surface area contributed by atoms with Crippen LogP contribution in [-0.4, -0.2) is 6.54 Å². The molecule has 0 amide bonds. The van der Waals surface area contributed by atoms with Gasteiger partial charge >= 0.3 is 0 Å². The molecule has 2 aromatic carbocycles. The van der Waals surface area contributed by atoms with Crippen molar-refractivity contribution in [1.82, 2.24) is 5.32 Å². The average molecular weight is 281 g/mol. The molecule has 0 saturated carbocycles. The first-order chi connectivity index (χ1) is 10.2. The molecule has 1 atom stereocenters. The molecular weight excluding hydrogens is 258 g/mol. The zero-order valence-electron chi connectivity index (χ0n) is 12.8. The van der Waals surface area contributed by atoms with Crippen molar-refractivity contribution >= 4 is 0 Å². The van der Waals surface area contributed by atoms with Crippen molar-refractivity contribution in [3.8, 4) is 5.75 Å². The Hall–Kier alpha value is -2.06. The summed E-state index contributed by atoms with van der Waals surface area (Å²) in [6, 6.07) is 18.6. The molecule has 110 valence electrons. The summed E-state index contributed by atoms with van der Waals surface area (Å²) in [5.41, 5.74) is 3.47. The molecule has 2 heteroatoms. The summed E-state index contributed by atoms with van der Waals surface area (Å²) < 4.78 is 5.88. The zero-order valence-corrected chi connectivity index (χ0v) is 12.8. The Balaban J connectivity index is 2.08. The van der Waals surface area contributed by atoms with Crippen molar-refractivity contribution in [2.24, 2.45) is 0 Å². The normalized spacial score (nSPS) is 11.9. The lowest BCUT2D eigenvalue weighted by molar-refractivity contribution is 0.305. The minimum Gasteiger partial charge on any atom is -0.489 e. The molecule has 2 aromatic rings. The Bertz CT molecular complexity index is 577. The van der Waals surface area contributed by atoms with Crippen LogP contribution in [0.4, 0.5) is 0 Å². The standard InChI is InChI=1S/C19H23NO/c1-4-20-19(15(2)3)17-11-8-12-18(13-17)21-14-16-9-6-5-7-10-16/h5-13,19-20H,2,4,14H2,1,3H3. The first-order valence-electron chi connectivity index (χ1n) is 7.36. The minimum absolute atomic E-state index is 0.176. The molecule has 21 heavy (non-hydrogen) atoms. The number of hydrogen-bond donors (Lipinski definition) is 1. The Morgan fingerprint density at radius 2 is 1.90 bits per heavy atom. The largest absolute Gasteiger partial charge is 0.489 e. The molecule has 0 aliphatic carbocycles. The number of likely N-dealkylation sites (N-methyl/N-ethyl adjacent to an activating group) is 1. The van der Waals surface area contributed by atoms with Gasteiger partial charge in [0, 0.05) is 0 Å². The van der Waals surface area contributed by atoms with Gasteiger partial charge in [-0.1, -0.05) is 61.5 Å². The molecular formula is C19H23NO. The third-order valence-electron chi connectivity index (χ3n) is 3.34. The molecule has 0 fully saturated rings. The van der Waals surface area contributed by atoms with Crippen LogP contribution >= 0.6 is 0 Å². The maximum absolute atomic E-state index is 5.88. The highest BCUT2D eigenvalue weighted by Crippen LogP contribution is 2.24. The predicted octanol–water partition coefficient (Wildman–Crippen LogP) is 4.49. The minimum atomic E-state index is 0.176. The molecule has 0 heterocycles. The Morgan fingerprint density at radius 1 is 1.14 bits per heavy atom. The third-order valence-corrected chi connectivity index (χ3v) is 3.34. The maximum Gasteiger partial charge on any atom is 0.120 e. The van der Waals surface area contributed by atoms with Crippen molar-refractivity contribution < 1.29 is 4.74 Å². The number of hydrogen-bond acceptors (Lipinski definition) is 2. The molecule has 0 spiro atoms. The lowest BCUT2D eigenvalue weighted by atomic mass is 10.0. The fourth-order valence-electron chi connectivity index (χ4n) is 2.31. The van der Waals surface area contributed by atoms with Gasteiger partial charge in [-0.3, -0.25) is 0 Å². The first kappa shape index (κ1) is 15.3. The van der Waals surface area contributed by atoms with E-state index in [-0.39, 0.29) is 6.04 Å². The van der Waals surface area contributed by atoms with Gasteiger partial charge in [0.2, 0.25) is 0 Å². The molecule has 0 radical (unpaired) electrons. The smallest absolute Gasteiger partial charge is 0.120 e. The van der Waals surface area contributed by atoms with Crippen molar-refractivity contribution in [1.29, 1.82) is 0 Å². The van der Waals surface area contributed by atoms with Crippen LogP contribution in [-0.2, 0) is 6.61 Å². The van der Waals surface area contributed by atoms with Crippen molar-refractivity contribution in [2.75, 3.05) is 6.54 Å². The van der Waals surface area contributed by atoms with Gasteiger partial charge in [-0.25, -0.2) is 0 Å². The van der Waals surface area contributed by atoms with E-state index in [1.807, 2.05) is 37.3 Å². The maximum atomic E-state index is 5.88. The number of ether oxygens (including phenoxy) is 1. The molecule has 0 aliphatic heterocycles. The van der Waals surface area contributed by atoms with Crippen LogP contribution in [0.1, 0.15) is 31.0 Å². The van der Waals surface area contributed by atoms with Crippen LogP contribution in [0.15, 0.2) is 66.7 Å². The molecule has 0 aromatic heterocycles. The van der Waals surface area contributed by atoms with Crippen LogP contribution in [0.5, 0.6) is 5.75 Å². The van der Waals surface area contributed by atoms with E-state index in [0.29, 0.717) is 6.61 Å². The fourth-order valence-corrected chi connectivity index (χ4v) is 2.31. The second-order valence-corrected chi connectivity index (χ2v) is 5.18. The molecule has 2 rings (SSSR count). The highest BCUT2D eigenvalue weighted by molar-refractivity contribution is 5.34. The summed E-state index contributed by atoms with van der Waals surface area (Å²) in [5.74, 6) is 0.889. The monoisotopic (exact) mass is 281 g/mol. The van der Waals surface area contributed by atoms with Gasteiger partial charge in [0.1, 0.15) is 12.4 Å². The molecule has 1 N–H and O–H groups in total. The topological polar surface area (TPSA) is 21.3 Å². The van der Waals surface area contributed by atoms with Crippen LogP contribution < -0.4 is 10.1 Å². The molecule has 1 unspecified atom stereocenters. The Kier molecular flexibility index (Phi) is 5.59. The van der Waals surface area contributed by atoms with E-state index in [4.69, 9.17) is 4.74 Å². The highest BCUT2D eigenvalue weighted by atomic mass is 16.5. The second kappa shape index (κ2) is 7.65. The van der Waals surface area contributed by atoms with E-state index < -0.39 is 0 Å². The first-order valence-corrected chi connectivity index (χ1v) is 7.36. The van der Waals surface area contributed by atoms with E-state index in [1.165, 1.54) is 11.1 Å². The van der Waals surface area contributed by atoms with Gasteiger partial charge < -0.3 is 10.1 Å². The lowest BCUT2D eigenvalue weighted by Crippen LogP contribution is -2.21. The number of benzene rings is 2. The fraction of sp³-hybridized carbons (Fsp3) is 0.263. The predicted molar refractivity (Wildman–Crippen MR) is 88.4 cm³/mol. The number of rotatable bonds is 7. The van der Waals surface area contributed by atoms with Gasteiger partial charge in [-0.15, -0.1) is 0 Å². The zero-order chi connectivity index (χ0) is 15.1. The summed E-state index contributed by atoms with van der Waals surface area (Å²) in [5, 5.41) is 3.44. The van der Waals surface area contributed by atoms with E-state index in [1.54, 1.807) is 0 Å². The SMILES string of the molecule is C=C(C)C(NCC)c1cccc(OCc2ccccc2)c1. The van der Waals surface area contributed by atoms with Gasteiger partial charge in [-0.2, -0.15) is 0 Å². The molecule has 0 bridgehead atoms. The Labute approximate surface area is 127 Å².